The highest BCUT2D eigenvalue weighted by Gasteiger charge is 2.01. The van der Waals surface area contributed by atoms with Gasteiger partial charge in [-0.15, -0.1) is 0 Å². The summed E-state index contributed by atoms with van der Waals surface area (Å²) in [5, 5.41) is 7.33. The van der Waals surface area contributed by atoms with Gasteiger partial charge in [0.15, 0.2) is 5.65 Å². The Morgan fingerprint density at radius 3 is 3.08 bits per heavy atom. The van der Waals surface area contributed by atoms with E-state index >= 15 is 0 Å². The van der Waals surface area contributed by atoms with Crippen molar-refractivity contribution in [2.75, 3.05) is 12.4 Å². The fraction of sp³-hybridized carbons (Fsp3) is 0.250. The van der Waals surface area contributed by atoms with Crippen molar-refractivity contribution < 1.29 is 0 Å². The molecule has 0 saturated heterocycles. The average molecular weight is 162 g/mol. The van der Waals surface area contributed by atoms with E-state index in [2.05, 4.69) is 15.4 Å². The monoisotopic (exact) mass is 162 g/mol. The highest BCUT2D eigenvalue weighted by Crippen LogP contribution is 2.13. The molecule has 1 N–H and O–H groups in total. The second kappa shape index (κ2) is 2.48. The van der Waals surface area contributed by atoms with E-state index in [-0.39, 0.29) is 0 Å². The van der Waals surface area contributed by atoms with Gasteiger partial charge in [-0.3, -0.25) is 0 Å². The molecule has 0 unspecified atom stereocenters. The lowest BCUT2D eigenvalue weighted by Gasteiger charge is -2.02. The van der Waals surface area contributed by atoms with Gasteiger partial charge in [0.2, 0.25) is 0 Å². The topological polar surface area (TPSA) is 42.2 Å². The van der Waals surface area contributed by atoms with Crippen LogP contribution < -0.4 is 5.32 Å². The number of anilines is 1. The van der Waals surface area contributed by atoms with E-state index in [4.69, 9.17) is 0 Å². The van der Waals surface area contributed by atoms with Gasteiger partial charge >= 0.3 is 0 Å². The summed E-state index contributed by atoms with van der Waals surface area (Å²) in [6.07, 6.45) is 3.58. The highest BCUT2D eigenvalue weighted by atomic mass is 15.3. The molecule has 62 valence electrons. The zero-order chi connectivity index (χ0) is 8.55. The van der Waals surface area contributed by atoms with E-state index in [1.807, 2.05) is 26.2 Å². The van der Waals surface area contributed by atoms with Gasteiger partial charge in [-0.25, -0.2) is 9.50 Å². The van der Waals surface area contributed by atoms with Crippen molar-refractivity contribution in [1.82, 2.24) is 14.6 Å². The molecule has 0 amide bonds. The van der Waals surface area contributed by atoms with E-state index < -0.39 is 0 Å². The van der Waals surface area contributed by atoms with Crippen LogP contribution in [0.2, 0.25) is 0 Å². The van der Waals surface area contributed by atoms with Gasteiger partial charge in [0.25, 0.3) is 0 Å². The predicted molar refractivity (Wildman–Crippen MR) is 47.3 cm³/mol. The highest BCUT2D eigenvalue weighted by molar-refractivity contribution is 5.66. The Labute approximate surface area is 70.2 Å². The molecule has 0 aliphatic heterocycles. The Morgan fingerprint density at radius 1 is 1.50 bits per heavy atom. The molecule has 2 rings (SSSR count). The van der Waals surface area contributed by atoms with Crippen LogP contribution in [0, 0.1) is 6.92 Å². The molecule has 0 atom stereocenters. The summed E-state index contributed by atoms with van der Waals surface area (Å²) < 4.78 is 1.77. The Hall–Kier alpha value is -1.58. The van der Waals surface area contributed by atoms with Crippen molar-refractivity contribution in [3.05, 3.63) is 24.2 Å². The Bertz CT molecular complexity index is 404. The largest absolute Gasteiger partial charge is 0.385 e. The maximum Gasteiger partial charge on any atom is 0.176 e. The molecule has 12 heavy (non-hydrogen) atoms. The molecule has 2 aromatic heterocycles. The van der Waals surface area contributed by atoms with E-state index in [1.54, 1.807) is 10.7 Å². The molecule has 0 aromatic carbocycles. The molecule has 0 aliphatic rings. The van der Waals surface area contributed by atoms with Gasteiger partial charge in [-0.1, -0.05) is 0 Å². The van der Waals surface area contributed by atoms with Gasteiger partial charge in [0.1, 0.15) is 0 Å². The molecular weight excluding hydrogens is 152 g/mol. The maximum atomic E-state index is 4.26. The third kappa shape index (κ3) is 0.922. The van der Waals surface area contributed by atoms with Crippen LogP contribution >= 0.6 is 0 Å². The number of aromatic nitrogens is 3. The summed E-state index contributed by atoms with van der Waals surface area (Å²) in [5.41, 5.74) is 2.85. The summed E-state index contributed by atoms with van der Waals surface area (Å²) in [6.45, 7) is 1.96. The number of hydrogen-bond acceptors (Lipinski definition) is 3. The second-order valence-corrected chi connectivity index (χ2v) is 2.64. The van der Waals surface area contributed by atoms with Gasteiger partial charge in [0.05, 0.1) is 11.4 Å². The number of imidazole rings is 1. The normalized spacial score (nSPS) is 10.5. The van der Waals surface area contributed by atoms with Crippen LogP contribution in [0.15, 0.2) is 18.5 Å². The van der Waals surface area contributed by atoms with Crippen LogP contribution in [0.25, 0.3) is 5.65 Å². The van der Waals surface area contributed by atoms with Crippen molar-refractivity contribution in [3.63, 3.8) is 0 Å². The Morgan fingerprint density at radius 2 is 2.33 bits per heavy atom. The van der Waals surface area contributed by atoms with Gasteiger partial charge in [-0.2, -0.15) is 5.10 Å². The fourth-order valence-electron chi connectivity index (χ4n) is 1.23. The van der Waals surface area contributed by atoms with Crippen LogP contribution in [-0.2, 0) is 0 Å². The van der Waals surface area contributed by atoms with E-state index in [1.165, 1.54) is 0 Å². The molecule has 0 radical (unpaired) electrons. The van der Waals surface area contributed by atoms with Crippen LogP contribution in [0.3, 0.4) is 0 Å². The first-order valence-corrected chi connectivity index (χ1v) is 3.80. The van der Waals surface area contributed by atoms with Gasteiger partial charge < -0.3 is 5.32 Å². The molecule has 2 aromatic rings. The Kier molecular flexibility index (Phi) is 1.46. The molecule has 2 heterocycles. The first kappa shape index (κ1) is 7.09. The van der Waals surface area contributed by atoms with Crippen molar-refractivity contribution in [2.45, 2.75) is 6.92 Å². The van der Waals surface area contributed by atoms with E-state index in [0.29, 0.717) is 0 Å². The smallest absolute Gasteiger partial charge is 0.176 e. The maximum absolute atomic E-state index is 4.26. The molecule has 0 spiro atoms. The average Bonchev–Trinajstić information content (AvgIpc) is 2.50. The number of hydrogen-bond donors (Lipinski definition) is 1. The summed E-state index contributed by atoms with van der Waals surface area (Å²) in [5.74, 6) is 0. The summed E-state index contributed by atoms with van der Waals surface area (Å²) in [7, 11) is 1.88. The van der Waals surface area contributed by atoms with Crippen LogP contribution in [-0.4, -0.2) is 21.6 Å². The third-order valence-electron chi connectivity index (χ3n) is 1.75. The SMILES string of the molecule is CNc1cc(C)nn2ccnc12. The molecular formula is C8H10N4. The molecule has 0 fully saturated rings. The first-order valence-electron chi connectivity index (χ1n) is 3.80. The van der Waals surface area contributed by atoms with Crippen LogP contribution in [0.5, 0.6) is 0 Å². The lowest BCUT2D eigenvalue weighted by atomic mass is 10.4. The zero-order valence-electron chi connectivity index (χ0n) is 7.07. The standard InChI is InChI=1S/C8H10N4/c1-6-5-7(9-2)8-10-3-4-12(8)11-6/h3-5,9H,1-2H3. The number of nitrogens with zero attached hydrogens (tertiary/aromatic N) is 3. The van der Waals surface area contributed by atoms with Crippen molar-refractivity contribution >= 4 is 11.3 Å². The molecule has 0 aliphatic carbocycles. The van der Waals surface area contributed by atoms with Gasteiger partial charge in [0, 0.05) is 19.4 Å². The quantitative estimate of drug-likeness (QED) is 0.682. The summed E-state index contributed by atoms with van der Waals surface area (Å²) in [4.78, 5) is 4.17. The van der Waals surface area contributed by atoms with E-state index in [9.17, 15) is 0 Å². The predicted octanol–water partition coefficient (Wildman–Crippen LogP) is 1.08. The first-order chi connectivity index (χ1) is 5.81. The zero-order valence-corrected chi connectivity index (χ0v) is 7.07. The lowest BCUT2D eigenvalue weighted by Crippen LogP contribution is -1.98. The second-order valence-electron chi connectivity index (χ2n) is 2.64. The fourth-order valence-corrected chi connectivity index (χ4v) is 1.23. The Balaban J connectivity index is 2.80. The molecule has 4 nitrogen and oxygen atoms in total. The number of nitrogens with one attached hydrogen (secondary N) is 1. The third-order valence-corrected chi connectivity index (χ3v) is 1.75. The molecule has 4 heteroatoms. The number of aryl methyl sites for hydroxylation is 1. The van der Waals surface area contributed by atoms with E-state index in [0.717, 1.165) is 17.0 Å². The summed E-state index contributed by atoms with van der Waals surface area (Å²) >= 11 is 0. The number of rotatable bonds is 1. The molecule has 0 bridgehead atoms. The van der Waals surface area contributed by atoms with Crippen LogP contribution in [0.1, 0.15) is 5.69 Å². The van der Waals surface area contributed by atoms with Crippen molar-refractivity contribution in [1.29, 1.82) is 0 Å². The summed E-state index contributed by atoms with van der Waals surface area (Å²) in [6, 6.07) is 1.97. The lowest BCUT2D eigenvalue weighted by molar-refractivity contribution is 0.902. The molecule has 0 saturated carbocycles. The minimum Gasteiger partial charge on any atom is -0.385 e. The van der Waals surface area contributed by atoms with Crippen molar-refractivity contribution in [3.8, 4) is 0 Å². The van der Waals surface area contributed by atoms with Crippen LogP contribution in [0.4, 0.5) is 5.69 Å². The van der Waals surface area contributed by atoms with Crippen molar-refractivity contribution in [2.24, 2.45) is 0 Å². The number of fused-ring (bicyclic) bond motifs is 1. The van der Waals surface area contributed by atoms with Gasteiger partial charge in [-0.05, 0) is 13.0 Å². The minimum absolute atomic E-state index is 0.864. The minimum atomic E-state index is 0.864.